The fourth-order valence-electron chi connectivity index (χ4n) is 3.22. The number of nitrogens with one attached hydrogen (secondary N) is 1. The number of carbonyl (C=O) groups excluding carboxylic acids is 1. The van der Waals surface area contributed by atoms with Gasteiger partial charge >= 0.3 is 0 Å². The van der Waals surface area contributed by atoms with Crippen LogP contribution in [-0.4, -0.2) is 38.7 Å². The molecule has 1 aliphatic heterocycles. The quantitative estimate of drug-likeness (QED) is 0.670. The molecule has 1 saturated heterocycles. The first-order valence-electron chi connectivity index (χ1n) is 8.46. The molecule has 0 saturated carbocycles. The Bertz CT molecular complexity index is 842. The van der Waals surface area contributed by atoms with Gasteiger partial charge in [-0.3, -0.25) is 9.89 Å². The topological polar surface area (TPSA) is 53.9 Å². The van der Waals surface area contributed by atoms with Gasteiger partial charge in [0.1, 0.15) is 11.6 Å². The van der Waals surface area contributed by atoms with Crippen molar-refractivity contribution in [1.82, 2.24) is 19.7 Å². The summed E-state index contributed by atoms with van der Waals surface area (Å²) in [5.41, 5.74) is 0.675. The van der Waals surface area contributed by atoms with E-state index in [9.17, 15) is 9.18 Å². The molecule has 0 aliphatic carbocycles. The van der Waals surface area contributed by atoms with Gasteiger partial charge < -0.3 is 9.47 Å². The Morgan fingerprint density at radius 2 is 2.36 bits per heavy atom. The lowest BCUT2D eigenvalue weighted by molar-refractivity contribution is -0.127. The number of H-pyrrole nitrogens is 1. The zero-order valence-electron chi connectivity index (χ0n) is 14.1. The van der Waals surface area contributed by atoms with E-state index >= 15 is 0 Å². The number of carbonyl (C=O) groups is 1. The second-order valence-electron chi connectivity index (χ2n) is 6.14. The van der Waals surface area contributed by atoms with Crippen LogP contribution in [0.15, 0.2) is 30.3 Å². The van der Waals surface area contributed by atoms with Crippen LogP contribution in [-0.2, 0) is 11.3 Å². The van der Waals surface area contributed by atoms with Crippen LogP contribution < -0.4 is 0 Å². The predicted octanol–water partition coefficient (Wildman–Crippen LogP) is 3.52. The Balaban J connectivity index is 1.70. The average molecular weight is 360 g/mol. The molecule has 1 amide bonds. The van der Waals surface area contributed by atoms with Gasteiger partial charge in [0, 0.05) is 31.6 Å². The summed E-state index contributed by atoms with van der Waals surface area (Å²) in [5, 5.41) is 7.20. The van der Waals surface area contributed by atoms with E-state index in [1.165, 1.54) is 18.2 Å². The van der Waals surface area contributed by atoms with Crippen LogP contribution in [0.2, 0.25) is 0 Å². The molecule has 0 spiro atoms. The summed E-state index contributed by atoms with van der Waals surface area (Å²) in [6.45, 7) is 4.13. The predicted molar refractivity (Wildman–Crippen MR) is 97.1 cm³/mol. The molecule has 0 radical (unpaired) electrons. The fraction of sp³-hybridized carbons (Fsp3) is 0.389. The molecular weight excluding hydrogens is 339 g/mol. The van der Waals surface area contributed by atoms with Crippen molar-refractivity contribution in [3.63, 3.8) is 0 Å². The number of rotatable bonds is 4. The Kier molecular flexibility index (Phi) is 5.43. The molecule has 1 atom stereocenters. The molecule has 1 fully saturated rings. The van der Waals surface area contributed by atoms with Crippen LogP contribution >= 0.6 is 12.2 Å². The molecule has 7 heteroatoms. The number of benzene rings is 1. The third-order valence-corrected chi connectivity index (χ3v) is 4.78. The average Bonchev–Trinajstić information content (AvgIpc) is 3.00. The monoisotopic (exact) mass is 360 g/mol. The summed E-state index contributed by atoms with van der Waals surface area (Å²) in [7, 11) is 0. The highest BCUT2D eigenvalue weighted by molar-refractivity contribution is 7.71. The van der Waals surface area contributed by atoms with Gasteiger partial charge in [0.2, 0.25) is 5.91 Å². The molecule has 1 N–H and O–H groups in total. The minimum Gasteiger partial charge on any atom is -0.338 e. The molecule has 132 valence electrons. The normalized spacial score (nSPS) is 18.0. The maximum absolute atomic E-state index is 13.2. The molecule has 1 unspecified atom stereocenters. The number of hydrogen-bond acceptors (Lipinski definition) is 3. The fourth-order valence-corrected chi connectivity index (χ4v) is 3.49. The van der Waals surface area contributed by atoms with E-state index in [0.717, 1.165) is 31.8 Å². The lowest BCUT2D eigenvalue weighted by Crippen LogP contribution is -2.38. The standard InChI is InChI=1S/C18H21FN4OS/c1-2-23-17(20-21-18(23)25)14-6-4-10-22(12-14)16(24)9-8-13-5-3-7-15(19)11-13/h3,5,7-9,11,14H,2,4,6,10,12H2,1H3,(H,21,25)/b9-8+. The van der Waals surface area contributed by atoms with Gasteiger partial charge in [0.05, 0.1) is 0 Å². The van der Waals surface area contributed by atoms with Gasteiger partial charge in [-0.15, -0.1) is 0 Å². The van der Waals surface area contributed by atoms with Crippen molar-refractivity contribution >= 4 is 24.2 Å². The first-order valence-corrected chi connectivity index (χ1v) is 8.87. The van der Waals surface area contributed by atoms with Gasteiger partial charge in [-0.2, -0.15) is 5.10 Å². The van der Waals surface area contributed by atoms with E-state index in [1.54, 1.807) is 18.2 Å². The lowest BCUT2D eigenvalue weighted by atomic mass is 9.97. The first-order chi connectivity index (χ1) is 12.1. The Morgan fingerprint density at radius 3 is 3.12 bits per heavy atom. The SMILES string of the molecule is CCn1c(C2CCCN(C(=O)/C=C/c3cccc(F)c3)C2)n[nH]c1=S. The van der Waals surface area contributed by atoms with E-state index in [-0.39, 0.29) is 17.6 Å². The number of piperidine rings is 1. The summed E-state index contributed by atoms with van der Waals surface area (Å²) in [6, 6.07) is 6.19. The summed E-state index contributed by atoms with van der Waals surface area (Å²) in [5.74, 6) is 0.716. The Morgan fingerprint density at radius 1 is 1.52 bits per heavy atom. The van der Waals surface area contributed by atoms with Crippen LogP contribution in [0.4, 0.5) is 4.39 Å². The van der Waals surface area contributed by atoms with E-state index in [0.29, 0.717) is 16.9 Å². The minimum absolute atomic E-state index is 0.0638. The van der Waals surface area contributed by atoms with E-state index < -0.39 is 0 Å². The van der Waals surface area contributed by atoms with E-state index in [4.69, 9.17) is 12.2 Å². The molecule has 2 aromatic rings. The second kappa shape index (κ2) is 7.74. The van der Waals surface area contributed by atoms with Crippen molar-refractivity contribution in [3.05, 3.63) is 52.3 Å². The van der Waals surface area contributed by atoms with Crippen LogP contribution in [0.25, 0.3) is 6.08 Å². The molecule has 5 nitrogen and oxygen atoms in total. The van der Waals surface area contributed by atoms with Crippen LogP contribution in [0, 0.1) is 10.6 Å². The Hall–Kier alpha value is -2.28. The zero-order valence-corrected chi connectivity index (χ0v) is 14.9. The number of hydrogen-bond donors (Lipinski definition) is 1. The number of likely N-dealkylation sites (tertiary alicyclic amines) is 1. The summed E-state index contributed by atoms with van der Waals surface area (Å²) in [6.07, 6.45) is 5.07. The third kappa shape index (κ3) is 4.04. The third-order valence-electron chi connectivity index (χ3n) is 4.47. The largest absolute Gasteiger partial charge is 0.338 e. The molecule has 1 aromatic heterocycles. The first kappa shape index (κ1) is 17.5. The minimum atomic E-state index is -0.310. The molecule has 1 aliphatic rings. The zero-order chi connectivity index (χ0) is 17.8. The number of aromatic nitrogens is 3. The molecule has 1 aromatic carbocycles. The molecular formula is C18H21FN4OS. The van der Waals surface area contributed by atoms with Crippen molar-refractivity contribution in [2.45, 2.75) is 32.2 Å². The second-order valence-corrected chi connectivity index (χ2v) is 6.53. The Labute approximate surface area is 151 Å². The number of nitrogens with zero attached hydrogens (tertiary/aromatic N) is 3. The van der Waals surface area contributed by atoms with Crippen molar-refractivity contribution < 1.29 is 9.18 Å². The van der Waals surface area contributed by atoms with Crippen LogP contribution in [0.1, 0.15) is 37.1 Å². The number of halogens is 1. The summed E-state index contributed by atoms with van der Waals surface area (Å²) in [4.78, 5) is 14.3. The van der Waals surface area contributed by atoms with Gasteiger partial charge in [-0.25, -0.2) is 4.39 Å². The maximum Gasteiger partial charge on any atom is 0.246 e. The molecule has 0 bridgehead atoms. The number of aromatic amines is 1. The van der Waals surface area contributed by atoms with Gasteiger partial charge in [-0.1, -0.05) is 12.1 Å². The molecule has 25 heavy (non-hydrogen) atoms. The summed E-state index contributed by atoms with van der Waals surface area (Å²) >= 11 is 5.25. The highest BCUT2D eigenvalue weighted by Crippen LogP contribution is 2.26. The van der Waals surface area contributed by atoms with Crippen molar-refractivity contribution in [3.8, 4) is 0 Å². The van der Waals surface area contributed by atoms with Gasteiger partial charge in [0.25, 0.3) is 0 Å². The lowest BCUT2D eigenvalue weighted by Gasteiger charge is -2.31. The number of amides is 1. The maximum atomic E-state index is 13.2. The van der Waals surface area contributed by atoms with Crippen molar-refractivity contribution in [2.24, 2.45) is 0 Å². The van der Waals surface area contributed by atoms with Crippen LogP contribution in [0.5, 0.6) is 0 Å². The van der Waals surface area contributed by atoms with E-state index in [1.807, 2.05) is 16.4 Å². The highest BCUT2D eigenvalue weighted by Gasteiger charge is 2.27. The van der Waals surface area contributed by atoms with Gasteiger partial charge in [-0.05, 0) is 55.8 Å². The van der Waals surface area contributed by atoms with Crippen molar-refractivity contribution in [2.75, 3.05) is 13.1 Å². The smallest absolute Gasteiger partial charge is 0.246 e. The van der Waals surface area contributed by atoms with Gasteiger partial charge in [0.15, 0.2) is 4.77 Å². The molecule has 3 rings (SSSR count). The molecule has 2 heterocycles. The van der Waals surface area contributed by atoms with E-state index in [2.05, 4.69) is 10.2 Å². The van der Waals surface area contributed by atoms with Crippen molar-refractivity contribution in [1.29, 1.82) is 0 Å². The van der Waals surface area contributed by atoms with Crippen LogP contribution in [0.3, 0.4) is 0 Å². The highest BCUT2D eigenvalue weighted by atomic mass is 32.1. The summed E-state index contributed by atoms with van der Waals surface area (Å²) < 4.78 is 15.8.